The van der Waals surface area contributed by atoms with Crippen molar-refractivity contribution in [2.45, 2.75) is 39.9 Å². The van der Waals surface area contributed by atoms with Crippen LogP contribution in [0.15, 0.2) is 0 Å². The molecule has 0 saturated carbocycles. The second-order valence-electron chi connectivity index (χ2n) is 3.55. The smallest absolute Gasteiger partial charge is 0.0844 e. The molecule has 2 heteroatoms. The molecule has 0 aliphatic carbocycles. The summed E-state index contributed by atoms with van der Waals surface area (Å²) in [6.07, 6.45) is -1.26. The van der Waals surface area contributed by atoms with Crippen molar-refractivity contribution in [2.75, 3.05) is 0 Å². The van der Waals surface area contributed by atoms with Gasteiger partial charge in [-0.3, -0.25) is 0 Å². The monoisotopic (exact) mass is 132 g/mol. The van der Waals surface area contributed by atoms with Crippen LogP contribution in [0.25, 0.3) is 0 Å². The standard InChI is InChI=1S/C7H16O2/c1-5(8)6(9)7(2,3)4/h5-6,8-9H,1-4H3/t5-,6?/m1/s1. The molecule has 0 aromatic rings. The highest BCUT2D eigenvalue weighted by Gasteiger charge is 2.25. The molecule has 0 spiro atoms. The third-order valence-electron chi connectivity index (χ3n) is 1.34. The van der Waals surface area contributed by atoms with E-state index in [-0.39, 0.29) is 5.41 Å². The number of hydrogen-bond donors (Lipinski definition) is 2. The first kappa shape index (κ1) is 8.92. The molecule has 0 radical (unpaired) electrons. The van der Waals surface area contributed by atoms with Gasteiger partial charge in [-0.1, -0.05) is 20.8 Å². The van der Waals surface area contributed by atoms with E-state index in [0.717, 1.165) is 0 Å². The molecular formula is C7H16O2. The van der Waals surface area contributed by atoms with Gasteiger partial charge in [0.2, 0.25) is 0 Å². The Morgan fingerprint density at radius 3 is 1.44 bits per heavy atom. The zero-order valence-electron chi connectivity index (χ0n) is 6.55. The minimum Gasteiger partial charge on any atom is -0.391 e. The van der Waals surface area contributed by atoms with Crippen molar-refractivity contribution < 1.29 is 10.2 Å². The fraction of sp³-hybridized carbons (Fsp3) is 1.00. The zero-order valence-corrected chi connectivity index (χ0v) is 6.55. The highest BCUT2D eigenvalue weighted by Crippen LogP contribution is 2.21. The molecule has 0 rings (SSSR count). The van der Waals surface area contributed by atoms with Crippen LogP contribution in [0.1, 0.15) is 27.7 Å². The van der Waals surface area contributed by atoms with Crippen LogP contribution in [0.4, 0.5) is 0 Å². The van der Waals surface area contributed by atoms with Gasteiger partial charge in [-0.2, -0.15) is 0 Å². The normalized spacial score (nSPS) is 19.3. The predicted molar refractivity (Wildman–Crippen MR) is 37.1 cm³/mol. The first-order valence-corrected chi connectivity index (χ1v) is 3.22. The van der Waals surface area contributed by atoms with E-state index in [0.29, 0.717) is 0 Å². The van der Waals surface area contributed by atoms with Gasteiger partial charge in [0.05, 0.1) is 12.2 Å². The summed E-state index contributed by atoms with van der Waals surface area (Å²) in [5.74, 6) is 0. The van der Waals surface area contributed by atoms with E-state index >= 15 is 0 Å². The summed E-state index contributed by atoms with van der Waals surface area (Å²) in [4.78, 5) is 0. The highest BCUT2D eigenvalue weighted by molar-refractivity contribution is 4.76. The lowest BCUT2D eigenvalue weighted by atomic mass is 9.86. The minimum atomic E-state index is -0.634. The Hall–Kier alpha value is -0.0800. The van der Waals surface area contributed by atoms with Crippen molar-refractivity contribution in [1.82, 2.24) is 0 Å². The topological polar surface area (TPSA) is 40.5 Å². The van der Waals surface area contributed by atoms with Crippen LogP contribution in [0.5, 0.6) is 0 Å². The first-order chi connectivity index (χ1) is 3.85. The second kappa shape index (κ2) is 2.67. The molecule has 0 aromatic heterocycles. The zero-order chi connectivity index (χ0) is 7.65. The fourth-order valence-electron chi connectivity index (χ4n) is 0.724. The second-order valence-corrected chi connectivity index (χ2v) is 3.55. The van der Waals surface area contributed by atoms with Gasteiger partial charge in [0.1, 0.15) is 0 Å². The van der Waals surface area contributed by atoms with E-state index in [1.54, 1.807) is 6.92 Å². The lowest BCUT2D eigenvalue weighted by Crippen LogP contribution is -2.35. The van der Waals surface area contributed by atoms with E-state index in [2.05, 4.69) is 0 Å². The molecule has 0 aliphatic rings. The average Bonchev–Trinajstić information content (AvgIpc) is 1.62. The van der Waals surface area contributed by atoms with Crippen LogP contribution < -0.4 is 0 Å². The maximum absolute atomic E-state index is 9.21. The summed E-state index contributed by atoms with van der Waals surface area (Å²) >= 11 is 0. The molecule has 1 unspecified atom stereocenters. The van der Waals surface area contributed by atoms with Crippen molar-refractivity contribution in [2.24, 2.45) is 5.41 Å². The van der Waals surface area contributed by atoms with E-state index in [9.17, 15) is 5.11 Å². The average molecular weight is 132 g/mol. The maximum atomic E-state index is 9.21. The van der Waals surface area contributed by atoms with Crippen LogP contribution in [0, 0.1) is 5.41 Å². The molecule has 0 bridgehead atoms. The molecular weight excluding hydrogens is 116 g/mol. The Bertz CT molecular complexity index is 81.4. The summed E-state index contributed by atoms with van der Waals surface area (Å²) in [5, 5.41) is 18.1. The minimum absolute atomic E-state index is 0.214. The summed E-state index contributed by atoms with van der Waals surface area (Å²) in [5.41, 5.74) is -0.214. The summed E-state index contributed by atoms with van der Waals surface area (Å²) < 4.78 is 0. The summed E-state index contributed by atoms with van der Waals surface area (Å²) in [6, 6.07) is 0. The van der Waals surface area contributed by atoms with E-state index in [4.69, 9.17) is 5.11 Å². The third kappa shape index (κ3) is 2.82. The number of hydrogen-bond acceptors (Lipinski definition) is 2. The van der Waals surface area contributed by atoms with Gasteiger partial charge in [-0.05, 0) is 12.3 Å². The Kier molecular flexibility index (Phi) is 2.65. The molecule has 0 amide bonds. The molecule has 0 saturated heterocycles. The number of aliphatic hydroxyl groups is 2. The Morgan fingerprint density at radius 2 is 1.44 bits per heavy atom. The van der Waals surface area contributed by atoms with Gasteiger partial charge in [0.15, 0.2) is 0 Å². The predicted octanol–water partition coefficient (Wildman–Crippen LogP) is 0.774. The van der Waals surface area contributed by atoms with Crippen molar-refractivity contribution in [1.29, 1.82) is 0 Å². The fourth-order valence-corrected chi connectivity index (χ4v) is 0.724. The summed E-state index contributed by atoms with van der Waals surface area (Å²) in [6.45, 7) is 7.27. The van der Waals surface area contributed by atoms with Crippen molar-refractivity contribution in [3.05, 3.63) is 0 Å². The number of rotatable bonds is 1. The van der Waals surface area contributed by atoms with Gasteiger partial charge in [-0.25, -0.2) is 0 Å². The Morgan fingerprint density at radius 1 is 1.11 bits per heavy atom. The van der Waals surface area contributed by atoms with Crippen LogP contribution in [-0.4, -0.2) is 22.4 Å². The Labute approximate surface area is 56.5 Å². The van der Waals surface area contributed by atoms with Gasteiger partial charge in [0, 0.05) is 0 Å². The molecule has 2 atom stereocenters. The summed E-state index contributed by atoms with van der Waals surface area (Å²) in [7, 11) is 0. The van der Waals surface area contributed by atoms with E-state index in [1.165, 1.54) is 0 Å². The lowest BCUT2D eigenvalue weighted by Gasteiger charge is -2.27. The third-order valence-corrected chi connectivity index (χ3v) is 1.34. The van der Waals surface area contributed by atoms with Gasteiger partial charge >= 0.3 is 0 Å². The maximum Gasteiger partial charge on any atom is 0.0844 e. The van der Waals surface area contributed by atoms with E-state index < -0.39 is 12.2 Å². The van der Waals surface area contributed by atoms with Gasteiger partial charge in [-0.15, -0.1) is 0 Å². The molecule has 0 fully saturated rings. The molecule has 0 heterocycles. The molecule has 0 aliphatic heterocycles. The molecule has 0 aromatic carbocycles. The van der Waals surface area contributed by atoms with Crippen molar-refractivity contribution in [3.8, 4) is 0 Å². The van der Waals surface area contributed by atoms with Crippen molar-refractivity contribution >= 4 is 0 Å². The number of aliphatic hydroxyl groups excluding tert-OH is 2. The largest absolute Gasteiger partial charge is 0.391 e. The van der Waals surface area contributed by atoms with Gasteiger partial charge < -0.3 is 10.2 Å². The molecule has 9 heavy (non-hydrogen) atoms. The lowest BCUT2D eigenvalue weighted by molar-refractivity contribution is -0.0350. The molecule has 2 N–H and O–H groups in total. The first-order valence-electron chi connectivity index (χ1n) is 3.22. The Balaban J connectivity index is 3.88. The van der Waals surface area contributed by atoms with Crippen molar-refractivity contribution in [3.63, 3.8) is 0 Å². The van der Waals surface area contributed by atoms with Crippen LogP contribution in [0.2, 0.25) is 0 Å². The molecule has 2 nitrogen and oxygen atoms in total. The van der Waals surface area contributed by atoms with Gasteiger partial charge in [0.25, 0.3) is 0 Å². The highest BCUT2D eigenvalue weighted by atomic mass is 16.3. The quantitative estimate of drug-likeness (QED) is 0.553. The van der Waals surface area contributed by atoms with Crippen LogP contribution >= 0.6 is 0 Å². The molecule has 56 valence electrons. The SMILES string of the molecule is C[C@@H](O)C(O)C(C)(C)C. The van der Waals surface area contributed by atoms with E-state index in [1.807, 2.05) is 20.8 Å². The van der Waals surface area contributed by atoms with Crippen LogP contribution in [-0.2, 0) is 0 Å². The van der Waals surface area contributed by atoms with Crippen LogP contribution in [0.3, 0.4) is 0 Å².